The van der Waals surface area contributed by atoms with E-state index in [-0.39, 0.29) is 0 Å². The molecule has 2 aromatic heterocycles. The van der Waals surface area contributed by atoms with Gasteiger partial charge in [0, 0.05) is 18.1 Å². The van der Waals surface area contributed by atoms with Gasteiger partial charge in [-0.3, -0.25) is 4.98 Å². The summed E-state index contributed by atoms with van der Waals surface area (Å²) < 4.78 is 7.67. The average molecular weight is 265 g/mol. The molecule has 4 heteroatoms. The van der Waals surface area contributed by atoms with Crippen molar-refractivity contribution in [2.45, 2.75) is 13.8 Å². The van der Waals surface area contributed by atoms with Crippen LogP contribution in [0.5, 0.6) is 11.5 Å². The van der Waals surface area contributed by atoms with Crippen LogP contribution in [0.3, 0.4) is 0 Å². The van der Waals surface area contributed by atoms with Crippen LogP contribution < -0.4 is 4.74 Å². The Balaban J connectivity index is 1.86. The highest BCUT2D eigenvalue weighted by Gasteiger charge is 2.04. The maximum atomic E-state index is 5.84. The molecule has 3 rings (SSSR count). The summed E-state index contributed by atoms with van der Waals surface area (Å²) in [6.07, 6.45) is 5.41. The molecule has 100 valence electrons. The molecule has 0 fully saturated rings. The van der Waals surface area contributed by atoms with E-state index in [1.165, 1.54) is 0 Å². The third-order valence-electron chi connectivity index (χ3n) is 3.04. The Labute approximate surface area is 117 Å². The van der Waals surface area contributed by atoms with Crippen molar-refractivity contribution in [3.05, 3.63) is 66.2 Å². The number of hydrogen-bond donors (Lipinski definition) is 0. The van der Waals surface area contributed by atoms with Crippen LogP contribution in [-0.4, -0.2) is 14.8 Å². The summed E-state index contributed by atoms with van der Waals surface area (Å²) in [6, 6.07) is 11.7. The molecular formula is C16H15N3O. The Morgan fingerprint density at radius 2 is 2.00 bits per heavy atom. The lowest BCUT2D eigenvalue weighted by molar-refractivity contribution is 0.476. The zero-order chi connectivity index (χ0) is 13.9. The number of pyridine rings is 1. The van der Waals surface area contributed by atoms with Gasteiger partial charge in [0.1, 0.15) is 11.5 Å². The predicted molar refractivity (Wildman–Crippen MR) is 77.3 cm³/mol. The van der Waals surface area contributed by atoms with E-state index in [0.717, 1.165) is 28.4 Å². The smallest absolute Gasteiger partial charge is 0.145 e. The molecule has 3 aromatic rings. The van der Waals surface area contributed by atoms with Gasteiger partial charge < -0.3 is 4.74 Å². The topological polar surface area (TPSA) is 39.9 Å². The van der Waals surface area contributed by atoms with Gasteiger partial charge in [-0.25, -0.2) is 4.68 Å². The molecule has 0 spiro atoms. The van der Waals surface area contributed by atoms with Gasteiger partial charge in [0.2, 0.25) is 0 Å². The highest BCUT2D eigenvalue weighted by molar-refractivity contribution is 5.44. The van der Waals surface area contributed by atoms with Crippen LogP contribution in [0.1, 0.15) is 11.3 Å². The van der Waals surface area contributed by atoms with E-state index in [0.29, 0.717) is 0 Å². The van der Waals surface area contributed by atoms with Gasteiger partial charge in [-0.2, -0.15) is 5.10 Å². The lowest BCUT2D eigenvalue weighted by Gasteiger charge is -2.10. The second-order valence-corrected chi connectivity index (χ2v) is 4.64. The van der Waals surface area contributed by atoms with E-state index in [9.17, 15) is 0 Å². The Kier molecular flexibility index (Phi) is 3.21. The van der Waals surface area contributed by atoms with E-state index in [1.807, 2.05) is 61.1 Å². The zero-order valence-corrected chi connectivity index (χ0v) is 11.4. The van der Waals surface area contributed by atoms with Gasteiger partial charge in [-0.1, -0.05) is 0 Å². The van der Waals surface area contributed by atoms with E-state index in [1.54, 1.807) is 12.4 Å². The Morgan fingerprint density at radius 1 is 1.10 bits per heavy atom. The molecule has 0 aliphatic heterocycles. The van der Waals surface area contributed by atoms with Crippen molar-refractivity contribution < 1.29 is 4.74 Å². The van der Waals surface area contributed by atoms with E-state index >= 15 is 0 Å². The number of rotatable bonds is 3. The largest absolute Gasteiger partial charge is 0.455 e. The SMILES string of the molecule is Cc1ccc(Oc2ccc(-n3cccn3)cc2C)cn1. The van der Waals surface area contributed by atoms with E-state index < -0.39 is 0 Å². The molecule has 0 radical (unpaired) electrons. The third kappa shape index (κ3) is 2.54. The van der Waals surface area contributed by atoms with E-state index in [4.69, 9.17) is 4.74 Å². The molecule has 0 atom stereocenters. The summed E-state index contributed by atoms with van der Waals surface area (Å²) in [4.78, 5) is 4.22. The maximum absolute atomic E-state index is 5.84. The van der Waals surface area contributed by atoms with Gasteiger partial charge in [0.25, 0.3) is 0 Å². The molecule has 1 aromatic carbocycles. The monoisotopic (exact) mass is 265 g/mol. The standard InChI is InChI=1S/C16H15N3O/c1-12-10-14(19-9-3-8-18-19)5-7-16(12)20-15-6-4-13(2)17-11-15/h3-11H,1-2H3. The highest BCUT2D eigenvalue weighted by atomic mass is 16.5. The van der Waals surface area contributed by atoms with Crippen LogP contribution in [0.4, 0.5) is 0 Å². The third-order valence-corrected chi connectivity index (χ3v) is 3.04. The van der Waals surface area contributed by atoms with E-state index in [2.05, 4.69) is 10.1 Å². The fourth-order valence-electron chi connectivity index (χ4n) is 1.95. The maximum Gasteiger partial charge on any atom is 0.145 e. The van der Waals surface area contributed by atoms with Crippen molar-refractivity contribution in [1.29, 1.82) is 0 Å². The highest BCUT2D eigenvalue weighted by Crippen LogP contribution is 2.26. The summed E-state index contributed by atoms with van der Waals surface area (Å²) in [5.74, 6) is 1.57. The molecule has 2 heterocycles. The minimum absolute atomic E-state index is 0.741. The van der Waals surface area contributed by atoms with Gasteiger partial charge in [0.05, 0.1) is 11.9 Å². The minimum atomic E-state index is 0.741. The summed E-state index contributed by atoms with van der Waals surface area (Å²) >= 11 is 0. The first-order valence-electron chi connectivity index (χ1n) is 6.43. The summed E-state index contributed by atoms with van der Waals surface area (Å²) in [6.45, 7) is 3.97. The van der Waals surface area contributed by atoms with Gasteiger partial charge >= 0.3 is 0 Å². The van der Waals surface area contributed by atoms with Crippen LogP contribution in [0.15, 0.2) is 55.0 Å². The number of benzene rings is 1. The van der Waals surface area contributed by atoms with Crippen molar-refractivity contribution in [3.63, 3.8) is 0 Å². The van der Waals surface area contributed by atoms with Crippen molar-refractivity contribution >= 4 is 0 Å². The average Bonchev–Trinajstić information content (AvgIpc) is 2.97. The zero-order valence-electron chi connectivity index (χ0n) is 11.4. The minimum Gasteiger partial charge on any atom is -0.455 e. The quantitative estimate of drug-likeness (QED) is 0.725. The first-order chi connectivity index (χ1) is 9.72. The predicted octanol–water partition coefficient (Wildman–Crippen LogP) is 3.68. The lowest BCUT2D eigenvalue weighted by Crippen LogP contribution is -1.96. The molecule has 0 unspecified atom stereocenters. The summed E-state index contributed by atoms with van der Waals surface area (Å²) in [7, 11) is 0. The van der Waals surface area contributed by atoms with Crippen LogP contribution >= 0.6 is 0 Å². The molecule has 0 aliphatic rings. The fourth-order valence-corrected chi connectivity index (χ4v) is 1.95. The Bertz CT molecular complexity index is 703. The molecule has 4 nitrogen and oxygen atoms in total. The van der Waals surface area contributed by atoms with Crippen molar-refractivity contribution in [3.8, 4) is 17.2 Å². The second kappa shape index (κ2) is 5.17. The first kappa shape index (κ1) is 12.4. The van der Waals surface area contributed by atoms with Gasteiger partial charge in [0.15, 0.2) is 0 Å². The molecule has 0 aliphatic carbocycles. The summed E-state index contributed by atoms with van der Waals surface area (Å²) in [5, 5.41) is 4.22. The first-order valence-corrected chi connectivity index (χ1v) is 6.43. The molecule has 0 saturated heterocycles. The number of nitrogens with zero attached hydrogens (tertiary/aromatic N) is 3. The fraction of sp³-hybridized carbons (Fsp3) is 0.125. The summed E-state index contributed by atoms with van der Waals surface area (Å²) in [5.41, 5.74) is 3.04. The molecule has 0 saturated carbocycles. The Morgan fingerprint density at radius 3 is 2.65 bits per heavy atom. The van der Waals surface area contributed by atoms with Crippen molar-refractivity contribution in [2.75, 3.05) is 0 Å². The van der Waals surface area contributed by atoms with Crippen LogP contribution in [0.2, 0.25) is 0 Å². The van der Waals surface area contributed by atoms with Gasteiger partial charge in [-0.15, -0.1) is 0 Å². The number of aromatic nitrogens is 3. The normalized spacial score (nSPS) is 10.5. The van der Waals surface area contributed by atoms with Gasteiger partial charge in [-0.05, 0) is 55.8 Å². The lowest BCUT2D eigenvalue weighted by atomic mass is 10.2. The van der Waals surface area contributed by atoms with Crippen LogP contribution in [0.25, 0.3) is 5.69 Å². The van der Waals surface area contributed by atoms with Crippen molar-refractivity contribution in [1.82, 2.24) is 14.8 Å². The number of ether oxygens (including phenoxy) is 1. The van der Waals surface area contributed by atoms with Crippen molar-refractivity contribution in [2.24, 2.45) is 0 Å². The van der Waals surface area contributed by atoms with Crippen LogP contribution in [0, 0.1) is 13.8 Å². The molecule has 0 N–H and O–H groups in total. The Hall–Kier alpha value is -2.62. The van der Waals surface area contributed by atoms with Crippen LogP contribution in [-0.2, 0) is 0 Å². The number of hydrogen-bond acceptors (Lipinski definition) is 3. The molecule has 0 bridgehead atoms. The second-order valence-electron chi connectivity index (χ2n) is 4.64. The molecule has 20 heavy (non-hydrogen) atoms. The molecular weight excluding hydrogens is 250 g/mol. The number of aryl methyl sites for hydroxylation is 2. The molecule has 0 amide bonds.